The Balaban J connectivity index is 1.53. The van der Waals surface area contributed by atoms with Crippen molar-refractivity contribution in [1.82, 2.24) is 10.0 Å². The van der Waals surface area contributed by atoms with Gasteiger partial charge in [0, 0.05) is 19.1 Å². The first-order chi connectivity index (χ1) is 10.1. The molecule has 6 nitrogen and oxygen atoms in total. The van der Waals surface area contributed by atoms with Crippen LogP contribution >= 0.6 is 11.3 Å². The second-order valence-corrected chi connectivity index (χ2v) is 8.25. The minimum atomic E-state index is -3.46. The molecule has 21 heavy (non-hydrogen) atoms. The third kappa shape index (κ3) is 4.48. The van der Waals surface area contributed by atoms with Crippen LogP contribution < -0.4 is 10.0 Å². The van der Waals surface area contributed by atoms with Crippen molar-refractivity contribution in [3.63, 3.8) is 0 Å². The van der Waals surface area contributed by atoms with E-state index in [4.69, 9.17) is 9.47 Å². The second-order valence-electron chi connectivity index (χ2n) is 5.35. The predicted octanol–water partition coefficient (Wildman–Crippen LogP) is 0.694. The van der Waals surface area contributed by atoms with Gasteiger partial charge in [-0.05, 0) is 29.9 Å². The van der Waals surface area contributed by atoms with Crippen LogP contribution in [0.1, 0.15) is 18.4 Å². The normalized spacial score (nSPS) is 23.3. The minimum Gasteiger partial charge on any atom is -0.376 e. The highest BCUT2D eigenvalue weighted by molar-refractivity contribution is 7.91. The van der Waals surface area contributed by atoms with Gasteiger partial charge in [-0.3, -0.25) is 0 Å². The largest absolute Gasteiger partial charge is 0.376 e. The Morgan fingerprint density at radius 2 is 2.19 bits per heavy atom. The van der Waals surface area contributed by atoms with Crippen molar-refractivity contribution in [2.24, 2.45) is 0 Å². The van der Waals surface area contributed by atoms with Gasteiger partial charge in [-0.1, -0.05) is 0 Å². The first-order valence-corrected chi connectivity index (χ1v) is 9.49. The molecule has 0 bridgehead atoms. The van der Waals surface area contributed by atoms with Gasteiger partial charge in [0.05, 0.1) is 25.9 Å². The highest BCUT2D eigenvalue weighted by Gasteiger charge is 2.22. The average Bonchev–Trinajstić information content (AvgIpc) is 3.20. The number of ether oxygens (including phenoxy) is 2. The molecule has 1 aromatic rings. The topological polar surface area (TPSA) is 76.7 Å². The van der Waals surface area contributed by atoms with Crippen molar-refractivity contribution >= 4 is 21.4 Å². The molecule has 8 heteroatoms. The molecule has 0 amide bonds. The number of sulfonamides is 1. The molecule has 1 atom stereocenters. The molecule has 1 saturated heterocycles. The fraction of sp³-hybridized carbons (Fsp3) is 0.692. The number of rotatable bonds is 7. The van der Waals surface area contributed by atoms with Gasteiger partial charge in [0.25, 0.3) is 0 Å². The van der Waals surface area contributed by atoms with E-state index in [1.165, 1.54) is 24.2 Å². The van der Waals surface area contributed by atoms with E-state index in [1.54, 1.807) is 6.07 Å². The summed E-state index contributed by atoms with van der Waals surface area (Å²) in [4.78, 5) is 0. The van der Waals surface area contributed by atoms with Crippen LogP contribution in [0.15, 0.2) is 15.7 Å². The Labute approximate surface area is 128 Å². The van der Waals surface area contributed by atoms with Gasteiger partial charge in [0.1, 0.15) is 4.21 Å². The van der Waals surface area contributed by atoms with Crippen LogP contribution in [-0.4, -0.2) is 46.9 Å². The molecule has 3 rings (SSSR count). The Morgan fingerprint density at radius 1 is 1.33 bits per heavy atom. The van der Waals surface area contributed by atoms with Gasteiger partial charge in [-0.2, -0.15) is 0 Å². The van der Waals surface area contributed by atoms with Gasteiger partial charge in [-0.25, -0.2) is 13.1 Å². The molecule has 0 aromatic carbocycles. The molecule has 118 valence electrons. The lowest BCUT2D eigenvalue weighted by atomic mass is 10.3. The SMILES string of the molecule is O=S(=O)(NCC1COCCO1)c1cc(CNC2CC2)cs1. The van der Waals surface area contributed by atoms with Crippen molar-refractivity contribution in [3.8, 4) is 0 Å². The molecular formula is C13H20N2O4S2. The third-order valence-electron chi connectivity index (χ3n) is 3.45. The molecule has 0 radical (unpaired) electrons. The number of thiophene rings is 1. The number of nitrogens with one attached hydrogen (secondary N) is 2. The summed E-state index contributed by atoms with van der Waals surface area (Å²) in [6.07, 6.45) is 2.24. The summed E-state index contributed by atoms with van der Waals surface area (Å²) >= 11 is 1.25. The maximum atomic E-state index is 12.2. The van der Waals surface area contributed by atoms with Crippen molar-refractivity contribution in [2.75, 3.05) is 26.4 Å². The monoisotopic (exact) mass is 332 g/mol. The van der Waals surface area contributed by atoms with Crippen LogP contribution in [0.5, 0.6) is 0 Å². The fourth-order valence-corrected chi connectivity index (χ4v) is 4.38. The molecular weight excluding hydrogens is 312 g/mol. The summed E-state index contributed by atoms with van der Waals surface area (Å²) in [5.41, 5.74) is 1.02. The lowest BCUT2D eigenvalue weighted by molar-refractivity contribution is -0.0846. The molecule has 1 aliphatic carbocycles. The molecule has 1 aliphatic heterocycles. The Morgan fingerprint density at radius 3 is 2.90 bits per heavy atom. The third-order valence-corrected chi connectivity index (χ3v) is 6.36. The summed E-state index contributed by atoms with van der Waals surface area (Å²) in [5.74, 6) is 0. The zero-order chi connectivity index (χ0) is 14.7. The molecule has 2 N–H and O–H groups in total. The van der Waals surface area contributed by atoms with Crippen LogP contribution in [0.3, 0.4) is 0 Å². The summed E-state index contributed by atoms with van der Waals surface area (Å²) in [7, 11) is -3.46. The second kappa shape index (κ2) is 6.72. The highest BCUT2D eigenvalue weighted by atomic mass is 32.2. The van der Waals surface area contributed by atoms with Crippen molar-refractivity contribution in [1.29, 1.82) is 0 Å². The van der Waals surface area contributed by atoms with E-state index in [0.29, 0.717) is 30.1 Å². The van der Waals surface area contributed by atoms with Crippen molar-refractivity contribution in [2.45, 2.75) is 35.7 Å². The molecule has 2 heterocycles. The number of hydrogen-bond donors (Lipinski definition) is 2. The van der Waals surface area contributed by atoms with Crippen LogP contribution in [0.2, 0.25) is 0 Å². The maximum Gasteiger partial charge on any atom is 0.250 e. The zero-order valence-electron chi connectivity index (χ0n) is 11.7. The quantitative estimate of drug-likeness (QED) is 0.768. The molecule has 2 aliphatic rings. The predicted molar refractivity (Wildman–Crippen MR) is 79.9 cm³/mol. The standard InChI is InChI=1S/C13H20N2O4S2/c16-21(17,15-7-12-8-18-3-4-19-12)13-5-10(9-20-13)6-14-11-1-2-11/h5,9,11-12,14-15H,1-4,6-8H2. The van der Waals surface area contributed by atoms with E-state index in [1.807, 2.05) is 5.38 Å². The van der Waals surface area contributed by atoms with Gasteiger partial charge < -0.3 is 14.8 Å². The average molecular weight is 332 g/mol. The van der Waals surface area contributed by atoms with Gasteiger partial charge in [0.2, 0.25) is 10.0 Å². The lowest BCUT2D eigenvalue weighted by Crippen LogP contribution is -2.39. The molecule has 1 unspecified atom stereocenters. The zero-order valence-corrected chi connectivity index (χ0v) is 13.3. The minimum absolute atomic E-state index is 0.204. The first-order valence-electron chi connectivity index (χ1n) is 7.13. The van der Waals surface area contributed by atoms with Gasteiger partial charge in [0.15, 0.2) is 0 Å². The van der Waals surface area contributed by atoms with Gasteiger partial charge >= 0.3 is 0 Å². The number of hydrogen-bond acceptors (Lipinski definition) is 6. The van der Waals surface area contributed by atoms with E-state index in [2.05, 4.69) is 10.0 Å². The smallest absolute Gasteiger partial charge is 0.250 e. The molecule has 0 spiro atoms. The first kappa shape index (κ1) is 15.4. The summed E-state index contributed by atoms with van der Waals surface area (Å²) in [6, 6.07) is 2.35. The Hall–Kier alpha value is -0.510. The lowest BCUT2D eigenvalue weighted by Gasteiger charge is -2.22. The molecule has 2 fully saturated rings. The van der Waals surface area contributed by atoms with E-state index < -0.39 is 10.0 Å². The molecule has 1 aromatic heterocycles. The van der Waals surface area contributed by atoms with Crippen LogP contribution in [0, 0.1) is 0 Å². The summed E-state index contributed by atoms with van der Waals surface area (Å²) < 4.78 is 38.1. The van der Waals surface area contributed by atoms with E-state index >= 15 is 0 Å². The Kier molecular flexibility index (Phi) is 4.92. The summed E-state index contributed by atoms with van der Waals surface area (Å²) in [5, 5.41) is 5.27. The van der Waals surface area contributed by atoms with E-state index in [-0.39, 0.29) is 12.6 Å². The summed E-state index contributed by atoms with van der Waals surface area (Å²) in [6.45, 7) is 2.50. The van der Waals surface area contributed by atoms with Crippen molar-refractivity contribution < 1.29 is 17.9 Å². The van der Waals surface area contributed by atoms with Gasteiger partial charge in [-0.15, -0.1) is 11.3 Å². The Bertz CT molecular complexity index is 562. The van der Waals surface area contributed by atoms with Crippen LogP contribution in [0.25, 0.3) is 0 Å². The van der Waals surface area contributed by atoms with Crippen LogP contribution in [-0.2, 0) is 26.0 Å². The fourth-order valence-electron chi connectivity index (χ4n) is 2.06. The molecule has 1 saturated carbocycles. The van der Waals surface area contributed by atoms with Crippen LogP contribution in [0.4, 0.5) is 0 Å². The maximum absolute atomic E-state index is 12.2. The highest BCUT2D eigenvalue weighted by Crippen LogP contribution is 2.23. The van der Waals surface area contributed by atoms with E-state index in [0.717, 1.165) is 12.1 Å². The van der Waals surface area contributed by atoms with E-state index in [9.17, 15) is 8.42 Å². The van der Waals surface area contributed by atoms with Crippen molar-refractivity contribution in [3.05, 3.63) is 17.0 Å².